The Balaban J connectivity index is 2.39. The average Bonchev–Trinajstić information content (AvgIpc) is 2.80. The zero-order chi connectivity index (χ0) is 14.0. The lowest BCUT2D eigenvalue weighted by atomic mass is 10.3. The predicted octanol–water partition coefficient (Wildman–Crippen LogP) is 2.84. The minimum atomic E-state index is -4.09. The van der Waals surface area contributed by atoms with Gasteiger partial charge >= 0.3 is 0 Å². The van der Waals surface area contributed by atoms with Crippen LogP contribution in [-0.2, 0) is 9.05 Å². The second-order valence-electron chi connectivity index (χ2n) is 4.35. The van der Waals surface area contributed by atoms with Crippen molar-refractivity contribution in [3.05, 3.63) is 28.3 Å². The van der Waals surface area contributed by atoms with Crippen LogP contribution in [0.1, 0.15) is 25.7 Å². The van der Waals surface area contributed by atoms with Gasteiger partial charge in [-0.2, -0.15) is 0 Å². The summed E-state index contributed by atoms with van der Waals surface area (Å²) in [4.78, 5) is 9.64. The molecule has 19 heavy (non-hydrogen) atoms. The number of rotatable bonds is 4. The van der Waals surface area contributed by atoms with Crippen LogP contribution in [0.15, 0.2) is 23.1 Å². The highest BCUT2D eigenvalue weighted by Crippen LogP contribution is 2.33. The van der Waals surface area contributed by atoms with Crippen LogP contribution in [0.3, 0.4) is 0 Å². The summed E-state index contributed by atoms with van der Waals surface area (Å²) in [5.41, 5.74) is -0.335. The standard InChI is InChI=1S/C11H12ClNO5S/c12-19(16,17)11-7-8(13(14)15)5-6-10(11)18-9-3-1-2-4-9/h5-7,9H,1-4H2. The lowest BCUT2D eigenvalue weighted by molar-refractivity contribution is -0.385. The van der Waals surface area contributed by atoms with Gasteiger partial charge in [0.1, 0.15) is 10.6 Å². The summed E-state index contributed by atoms with van der Waals surface area (Å²) in [6, 6.07) is 3.41. The third-order valence-electron chi connectivity index (χ3n) is 3.00. The first-order chi connectivity index (χ1) is 8.88. The maximum atomic E-state index is 11.5. The van der Waals surface area contributed by atoms with E-state index in [4.69, 9.17) is 15.4 Å². The summed E-state index contributed by atoms with van der Waals surface area (Å²) in [6.07, 6.45) is 3.69. The number of halogens is 1. The summed E-state index contributed by atoms with van der Waals surface area (Å²) in [7, 11) is 1.21. The Morgan fingerprint density at radius 3 is 2.47 bits per heavy atom. The molecular formula is C11H12ClNO5S. The first-order valence-corrected chi connectivity index (χ1v) is 8.08. The number of benzene rings is 1. The summed E-state index contributed by atoms with van der Waals surface area (Å²) >= 11 is 0. The van der Waals surface area contributed by atoms with Gasteiger partial charge in [-0.25, -0.2) is 8.42 Å². The molecule has 0 amide bonds. The summed E-state index contributed by atoms with van der Waals surface area (Å²) in [6.45, 7) is 0. The Bertz CT molecular complexity index is 595. The summed E-state index contributed by atoms with van der Waals surface area (Å²) in [5.74, 6) is 0.0764. The van der Waals surface area contributed by atoms with Gasteiger partial charge in [0.25, 0.3) is 14.7 Å². The second-order valence-corrected chi connectivity index (χ2v) is 6.88. The third-order valence-corrected chi connectivity index (χ3v) is 4.34. The normalized spacial score (nSPS) is 16.5. The van der Waals surface area contributed by atoms with Gasteiger partial charge in [-0.05, 0) is 31.7 Å². The SMILES string of the molecule is O=[N+]([O-])c1ccc(OC2CCCC2)c(S(=O)(=O)Cl)c1. The number of nitro benzene ring substituents is 1. The lowest BCUT2D eigenvalue weighted by Crippen LogP contribution is -2.12. The highest BCUT2D eigenvalue weighted by Gasteiger charge is 2.24. The van der Waals surface area contributed by atoms with Gasteiger partial charge in [-0.1, -0.05) is 0 Å². The first kappa shape index (κ1) is 14.1. The van der Waals surface area contributed by atoms with Crippen LogP contribution in [0.2, 0.25) is 0 Å². The smallest absolute Gasteiger partial charge is 0.271 e. The minimum absolute atomic E-state index is 0.0568. The minimum Gasteiger partial charge on any atom is -0.489 e. The topological polar surface area (TPSA) is 86.5 Å². The molecule has 0 saturated heterocycles. The molecule has 0 radical (unpaired) electrons. The predicted molar refractivity (Wildman–Crippen MR) is 69.0 cm³/mol. The van der Waals surface area contributed by atoms with E-state index in [2.05, 4.69) is 0 Å². The zero-order valence-corrected chi connectivity index (χ0v) is 11.5. The Morgan fingerprint density at radius 2 is 1.95 bits per heavy atom. The number of nitro groups is 1. The lowest BCUT2D eigenvalue weighted by Gasteiger charge is -2.14. The molecule has 2 rings (SSSR count). The number of nitrogens with zero attached hydrogens (tertiary/aromatic N) is 1. The van der Waals surface area contributed by atoms with E-state index < -0.39 is 14.0 Å². The van der Waals surface area contributed by atoms with Gasteiger partial charge in [0.2, 0.25) is 0 Å². The van der Waals surface area contributed by atoms with Crippen molar-refractivity contribution in [1.82, 2.24) is 0 Å². The summed E-state index contributed by atoms with van der Waals surface area (Å²) < 4.78 is 28.5. The molecule has 1 saturated carbocycles. The molecule has 0 bridgehead atoms. The monoisotopic (exact) mass is 305 g/mol. The van der Waals surface area contributed by atoms with Crippen molar-refractivity contribution in [1.29, 1.82) is 0 Å². The second kappa shape index (κ2) is 5.34. The Hall–Kier alpha value is -1.34. The van der Waals surface area contributed by atoms with E-state index in [1.54, 1.807) is 0 Å². The summed E-state index contributed by atoms with van der Waals surface area (Å²) in [5, 5.41) is 10.7. The van der Waals surface area contributed by atoms with E-state index in [9.17, 15) is 18.5 Å². The van der Waals surface area contributed by atoms with E-state index >= 15 is 0 Å². The van der Waals surface area contributed by atoms with Crippen molar-refractivity contribution < 1.29 is 18.1 Å². The van der Waals surface area contributed by atoms with Gasteiger partial charge in [0.15, 0.2) is 0 Å². The molecule has 0 aromatic heterocycles. The molecule has 1 aromatic rings. The van der Waals surface area contributed by atoms with Crippen molar-refractivity contribution in [2.45, 2.75) is 36.7 Å². The van der Waals surface area contributed by atoms with E-state index in [0.29, 0.717) is 0 Å². The quantitative estimate of drug-likeness (QED) is 0.485. The third kappa shape index (κ3) is 3.36. The van der Waals surface area contributed by atoms with Crippen LogP contribution in [0.4, 0.5) is 5.69 Å². The Kier molecular flexibility index (Phi) is 3.96. The van der Waals surface area contributed by atoms with Gasteiger partial charge < -0.3 is 4.74 Å². The number of hydrogen-bond donors (Lipinski definition) is 0. The number of hydrogen-bond acceptors (Lipinski definition) is 5. The van der Waals surface area contributed by atoms with Gasteiger partial charge in [0.05, 0.1) is 11.0 Å². The van der Waals surface area contributed by atoms with Crippen molar-refractivity contribution in [3.63, 3.8) is 0 Å². The van der Waals surface area contributed by atoms with E-state index in [1.165, 1.54) is 12.1 Å². The fourth-order valence-electron chi connectivity index (χ4n) is 2.08. The van der Waals surface area contributed by atoms with Gasteiger partial charge in [-0.3, -0.25) is 10.1 Å². The Morgan fingerprint density at radius 1 is 1.32 bits per heavy atom. The fourth-order valence-corrected chi connectivity index (χ4v) is 3.06. The largest absolute Gasteiger partial charge is 0.489 e. The molecule has 8 heteroatoms. The van der Waals surface area contributed by atoms with E-state index in [1.807, 2.05) is 0 Å². The van der Waals surface area contributed by atoms with E-state index in [0.717, 1.165) is 31.7 Å². The highest BCUT2D eigenvalue weighted by atomic mass is 35.7. The zero-order valence-electron chi connectivity index (χ0n) is 9.91. The number of non-ortho nitro benzene ring substituents is 1. The molecule has 1 aliphatic carbocycles. The molecule has 6 nitrogen and oxygen atoms in total. The molecule has 104 valence electrons. The van der Waals surface area contributed by atoms with Crippen LogP contribution in [0.5, 0.6) is 5.75 Å². The van der Waals surface area contributed by atoms with Crippen molar-refractivity contribution in [3.8, 4) is 5.75 Å². The molecule has 0 heterocycles. The van der Waals surface area contributed by atoms with Crippen LogP contribution in [0.25, 0.3) is 0 Å². The maximum Gasteiger partial charge on any atom is 0.271 e. The van der Waals surface area contributed by atoms with Crippen LogP contribution in [-0.4, -0.2) is 19.4 Å². The fraction of sp³-hybridized carbons (Fsp3) is 0.455. The van der Waals surface area contributed by atoms with Crippen molar-refractivity contribution >= 4 is 25.4 Å². The van der Waals surface area contributed by atoms with Crippen LogP contribution >= 0.6 is 10.7 Å². The van der Waals surface area contributed by atoms with Crippen molar-refractivity contribution in [2.75, 3.05) is 0 Å². The molecule has 0 atom stereocenters. The molecule has 0 unspecified atom stereocenters. The molecule has 0 aliphatic heterocycles. The first-order valence-electron chi connectivity index (χ1n) is 5.77. The van der Waals surface area contributed by atoms with Crippen molar-refractivity contribution in [2.24, 2.45) is 0 Å². The Labute approximate surface area is 114 Å². The maximum absolute atomic E-state index is 11.5. The van der Waals surface area contributed by atoms with Gasteiger partial charge in [0, 0.05) is 22.8 Å². The van der Waals surface area contributed by atoms with Crippen LogP contribution < -0.4 is 4.74 Å². The molecule has 1 aliphatic rings. The van der Waals surface area contributed by atoms with Crippen LogP contribution in [0, 0.1) is 10.1 Å². The van der Waals surface area contributed by atoms with E-state index in [-0.39, 0.29) is 22.4 Å². The molecule has 0 N–H and O–H groups in total. The highest BCUT2D eigenvalue weighted by molar-refractivity contribution is 8.13. The molecular weight excluding hydrogens is 294 g/mol. The molecule has 0 spiro atoms. The molecule has 1 aromatic carbocycles. The average molecular weight is 306 g/mol. The number of ether oxygens (including phenoxy) is 1. The van der Waals surface area contributed by atoms with Gasteiger partial charge in [-0.15, -0.1) is 0 Å². The molecule has 1 fully saturated rings.